The standard InChI is InChI=1S/C14H30O6/c1-13(2,3)10-20-14(5-4-6-15,12(19)9-17)7-11(18)8-16/h11-12,15-19H,4-10H2,1-3H3. The van der Waals surface area contributed by atoms with Crippen LogP contribution in [0.1, 0.15) is 40.0 Å². The Morgan fingerprint density at radius 3 is 2.00 bits per heavy atom. The number of hydrogen-bond acceptors (Lipinski definition) is 6. The van der Waals surface area contributed by atoms with E-state index in [9.17, 15) is 15.3 Å². The third-order valence-corrected chi connectivity index (χ3v) is 3.12. The van der Waals surface area contributed by atoms with E-state index in [0.29, 0.717) is 19.4 Å². The van der Waals surface area contributed by atoms with Crippen LogP contribution in [-0.4, -0.2) is 69.8 Å². The van der Waals surface area contributed by atoms with E-state index < -0.39 is 31.0 Å². The maximum atomic E-state index is 10.1. The van der Waals surface area contributed by atoms with Gasteiger partial charge in [0.15, 0.2) is 0 Å². The molecule has 122 valence electrons. The Balaban J connectivity index is 5.08. The predicted molar refractivity (Wildman–Crippen MR) is 75.3 cm³/mol. The minimum Gasteiger partial charge on any atom is -0.396 e. The first kappa shape index (κ1) is 19.8. The van der Waals surface area contributed by atoms with Gasteiger partial charge in [0.05, 0.1) is 31.5 Å². The normalized spacial score (nSPS) is 18.6. The lowest BCUT2D eigenvalue weighted by atomic mass is 9.85. The molecule has 6 heteroatoms. The van der Waals surface area contributed by atoms with Gasteiger partial charge in [-0.15, -0.1) is 0 Å². The van der Waals surface area contributed by atoms with Gasteiger partial charge in [-0.2, -0.15) is 0 Å². The van der Waals surface area contributed by atoms with Crippen LogP contribution in [0.3, 0.4) is 0 Å². The lowest BCUT2D eigenvalue weighted by Crippen LogP contribution is -2.51. The number of aliphatic hydroxyl groups excluding tert-OH is 5. The van der Waals surface area contributed by atoms with Crippen molar-refractivity contribution in [2.45, 2.75) is 57.8 Å². The minimum atomic E-state index is -1.18. The molecular formula is C14H30O6. The zero-order valence-corrected chi connectivity index (χ0v) is 12.7. The maximum Gasteiger partial charge on any atom is 0.106 e. The third kappa shape index (κ3) is 6.97. The van der Waals surface area contributed by atoms with Crippen molar-refractivity contribution < 1.29 is 30.3 Å². The zero-order valence-electron chi connectivity index (χ0n) is 12.7. The minimum absolute atomic E-state index is 0.00130. The highest BCUT2D eigenvalue weighted by molar-refractivity contribution is 4.91. The molecule has 0 aliphatic carbocycles. The first-order valence-corrected chi connectivity index (χ1v) is 7.03. The van der Waals surface area contributed by atoms with Gasteiger partial charge in [0.1, 0.15) is 6.10 Å². The molecule has 0 spiro atoms. The highest BCUT2D eigenvalue weighted by atomic mass is 16.5. The SMILES string of the molecule is CC(C)(C)COC(CCCO)(CC(O)CO)C(O)CO. The second-order valence-electron chi connectivity index (χ2n) is 6.48. The van der Waals surface area contributed by atoms with Gasteiger partial charge in [-0.1, -0.05) is 20.8 Å². The van der Waals surface area contributed by atoms with Gasteiger partial charge in [0.2, 0.25) is 0 Å². The molecule has 0 aromatic heterocycles. The number of hydrogen-bond donors (Lipinski definition) is 5. The topological polar surface area (TPSA) is 110 Å². The van der Waals surface area contributed by atoms with Crippen LogP contribution in [0.2, 0.25) is 0 Å². The second-order valence-corrected chi connectivity index (χ2v) is 6.48. The molecular weight excluding hydrogens is 264 g/mol. The molecule has 3 atom stereocenters. The van der Waals surface area contributed by atoms with Crippen LogP contribution in [0.25, 0.3) is 0 Å². The lowest BCUT2D eigenvalue weighted by Gasteiger charge is -2.40. The summed E-state index contributed by atoms with van der Waals surface area (Å²) in [4.78, 5) is 0. The Morgan fingerprint density at radius 2 is 1.60 bits per heavy atom. The van der Waals surface area contributed by atoms with Gasteiger partial charge in [0.25, 0.3) is 0 Å². The van der Waals surface area contributed by atoms with E-state index in [1.807, 2.05) is 20.8 Å². The molecule has 6 nitrogen and oxygen atoms in total. The largest absolute Gasteiger partial charge is 0.396 e. The molecule has 0 radical (unpaired) electrons. The van der Waals surface area contributed by atoms with Crippen LogP contribution in [-0.2, 0) is 4.74 Å². The number of rotatable bonds is 10. The Kier molecular flexibility index (Phi) is 8.81. The van der Waals surface area contributed by atoms with E-state index in [1.54, 1.807) is 0 Å². The van der Waals surface area contributed by atoms with Crippen molar-refractivity contribution in [2.24, 2.45) is 5.41 Å². The van der Waals surface area contributed by atoms with Crippen LogP contribution in [0.4, 0.5) is 0 Å². The van der Waals surface area contributed by atoms with E-state index in [1.165, 1.54) is 0 Å². The van der Waals surface area contributed by atoms with E-state index in [4.69, 9.17) is 14.9 Å². The van der Waals surface area contributed by atoms with Gasteiger partial charge < -0.3 is 30.3 Å². The van der Waals surface area contributed by atoms with Crippen LogP contribution in [0.5, 0.6) is 0 Å². The molecule has 0 rings (SSSR count). The molecule has 0 fully saturated rings. The zero-order chi connectivity index (χ0) is 15.8. The van der Waals surface area contributed by atoms with E-state index >= 15 is 0 Å². The summed E-state index contributed by atoms with van der Waals surface area (Å²) < 4.78 is 5.83. The first-order valence-electron chi connectivity index (χ1n) is 7.03. The molecule has 0 aliphatic rings. The van der Waals surface area contributed by atoms with Crippen LogP contribution in [0, 0.1) is 5.41 Å². The van der Waals surface area contributed by atoms with Crippen molar-refractivity contribution in [3.8, 4) is 0 Å². The summed E-state index contributed by atoms with van der Waals surface area (Å²) in [7, 11) is 0. The second kappa shape index (κ2) is 8.92. The van der Waals surface area contributed by atoms with Crippen LogP contribution >= 0.6 is 0 Å². The Morgan fingerprint density at radius 1 is 1.00 bits per heavy atom. The molecule has 0 aromatic rings. The van der Waals surface area contributed by atoms with Crippen molar-refractivity contribution >= 4 is 0 Å². The Bertz CT molecular complexity index is 253. The summed E-state index contributed by atoms with van der Waals surface area (Å²) in [5.74, 6) is 0. The van der Waals surface area contributed by atoms with Gasteiger partial charge in [0, 0.05) is 13.0 Å². The molecule has 0 amide bonds. The summed E-state index contributed by atoms with van der Waals surface area (Å²) in [6, 6.07) is 0. The molecule has 0 aliphatic heterocycles. The highest BCUT2D eigenvalue weighted by Crippen LogP contribution is 2.31. The smallest absolute Gasteiger partial charge is 0.106 e. The van der Waals surface area contributed by atoms with Crippen molar-refractivity contribution in [1.29, 1.82) is 0 Å². The Hall–Kier alpha value is -0.240. The summed E-state index contributed by atoms with van der Waals surface area (Å²) in [5, 5.41) is 47.0. The molecule has 0 heterocycles. The van der Waals surface area contributed by atoms with Crippen molar-refractivity contribution in [2.75, 3.05) is 26.4 Å². The fraction of sp³-hybridized carbons (Fsp3) is 1.00. The van der Waals surface area contributed by atoms with Gasteiger partial charge in [-0.05, 0) is 18.3 Å². The average Bonchev–Trinajstić information content (AvgIpc) is 2.39. The van der Waals surface area contributed by atoms with Gasteiger partial charge >= 0.3 is 0 Å². The van der Waals surface area contributed by atoms with Crippen LogP contribution in [0.15, 0.2) is 0 Å². The van der Waals surface area contributed by atoms with Gasteiger partial charge in [-0.3, -0.25) is 0 Å². The number of aliphatic hydroxyl groups is 5. The third-order valence-electron chi connectivity index (χ3n) is 3.12. The summed E-state index contributed by atoms with van der Waals surface area (Å²) in [6.45, 7) is 5.21. The van der Waals surface area contributed by atoms with Crippen LogP contribution < -0.4 is 0 Å². The first-order chi connectivity index (χ1) is 9.20. The van der Waals surface area contributed by atoms with Crippen molar-refractivity contribution in [1.82, 2.24) is 0 Å². The van der Waals surface area contributed by atoms with E-state index in [-0.39, 0.29) is 18.4 Å². The lowest BCUT2D eigenvalue weighted by molar-refractivity contribution is -0.174. The maximum absolute atomic E-state index is 10.1. The highest BCUT2D eigenvalue weighted by Gasteiger charge is 2.40. The van der Waals surface area contributed by atoms with E-state index in [0.717, 1.165) is 0 Å². The summed E-state index contributed by atoms with van der Waals surface area (Å²) >= 11 is 0. The molecule has 0 bridgehead atoms. The monoisotopic (exact) mass is 294 g/mol. The van der Waals surface area contributed by atoms with Gasteiger partial charge in [-0.25, -0.2) is 0 Å². The van der Waals surface area contributed by atoms with Crippen molar-refractivity contribution in [3.63, 3.8) is 0 Å². The molecule has 20 heavy (non-hydrogen) atoms. The molecule has 0 aromatic carbocycles. The van der Waals surface area contributed by atoms with Crippen molar-refractivity contribution in [3.05, 3.63) is 0 Å². The Labute approximate surface area is 121 Å². The molecule has 5 N–H and O–H groups in total. The fourth-order valence-corrected chi connectivity index (χ4v) is 2.00. The predicted octanol–water partition coefficient (Wildman–Crippen LogP) is -0.343. The quantitative estimate of drug-likeness (QED) is 0.377. The summed E-state index contributed by atoms with van der Waals surface area (Å²) in [6.07, 6.45) is -1.56. The van der Waals surface area contributed by atoms with E-state index in [2.05, 4.69) is 0 Å². The average molecular weight is 294 g/mol. The number of ether oxygens (including phenoxy) is 1. The molecule has 0 saturated carbocycles. The molecule has 0 saturated heterocycles. The molecule has 3 unspecified atom stereocenters. The fourth-order valence-electron chi connectivity index (χ4n) is 2.00. The summed E-state index contributed by atoms with van der Waals surface area (Å²) in [5.41, 5.74) is -1.32.